The van der Waals surface area contributed by atoms with Gasteiger partial charge in [-0.2, -0.15) is 0 Å². The maximum absolute atomic E-state index is 12.9. The second-order valence-electron chi connectivity index (χ2n) is 6.95. The molecule has 1 N–H and O–H groups in total. The smallest absolute Gasteiger partial charge is 0.332 e. The predicted octanol–water partition coefficient (Wildman–Crippen LogP) is 2.46. The van der Waals surface area contributed by atoms with Crippen LogP contribution < -0.4 is 21.3 Å². The van der Waals surface area contributed by atoms with E-state index in [2.05, 4.69) is 15.3 Å². The van der Waals surface area contributed by atoms with Crippen LogP contribution in [0.5, 0.6) is 5.75 Å². The second kappa shape index (κ2) is 8.64. The number of halogens is 1. The van der Waals surface area contributed by atoms with Crippen molar-refractivity contribution in [1.29, 1.82) is 0 Å². The minimum atomic E-state index is -0.659. The van der Waals surface area contributed by atoms with Gasteiger partial charge in [-0.1, -0.05) is 11.6 Å². The van der Waals surface area contributed by atoms with Crippen LogP contribution in [-0.2, 0) is 18.4 Å². The van der Waals surface area contributed by atoms with Gasteiger partial charge < -0.3 is 10.1 Å². The van der Waals surface area contributed by atoms with E-state index >= 15 is 0 Å². The molecular weight excluding hydrogens is 434 g/mol. The molecule has 0 aliphatic heterocycles. The van der Waals surface area contributed by atoms with Crippen LogP contribution in [0.2, 0.25) is 5.02 Å². The molecule has 0 unspecified atom stereocenters. The first-order chi connectivity index (χ1) is 15.4. The molecule has 2 aromatic heterocycles. The monoisotopic (exact) mass is 451 g/mol. The Bertz CT molecular complexity index is 1430. The zero-order valence-corrected chi connectivity index (χ0v) is 18.0. The van der Waals surface area contributed by atoms with E-state index in [0.717, 1.165) is 4.57 Å². The molecule has 1 amide bonds. The van der Waals surface area contributed by atoms with Crippen LogP contribution in [0.4, 0.5) is 5.69 Å². The summed E-state index contributed by atoms with van der Waals surface area (Å²) in [5, 5.41) is 3.35. The van der Waals surface area contributed by atoms with E-state index in [4.69, 9.17) is 16.3 Å². The first kappa shape index (κ1) is 21.3. The molecule has 162 valence electrons. The van der Waals surface area contributed by atoms with Crippen LogP contribution in [0.1, 0.15) is 0 Å². The Kier molecular flexibility index (Phi) is 5.74. The number of ether oxygens (including phenoxy) is 1. The molecule has 0 aliphatic carbocycles. The highest BCUT2D eigenvalue weighted by atomic mass is 35.5. The summed E-state index contributed by atoms with van der Waals surface area (Å²) in [6.45, 7) is -0.452. The molecular formula is C22H18ClN5O4. The number of amides is 1. The molecule has 10 heteroatoms. The van der Waals surface area contributed by atoms with Gasteiger partial charge in [0, 0.05) is 29.5 Å². The summed E-state index contributed by atoms with van der Waals surface area (Å²) in [7, 11) is 3.03. The van der Waals surface area contributed by atoms with E-state index < -0.39 is 23.7 Å². The highest BCUT2D eigenvalue weighted by molar-refractivity contribution is 6.30. The highest BCUT2D eigenvalue weighted by Crippen LogP contribution is 2.19. The van der Waals surface area contributed by atoms with Crippen LogP contribution in [0.3, 0.4) is 0 Å². The van der Waals surface area contributed by atoms with E-state index in [1.165, 1.54) is 24.9 Å². The highest BCUT2D eigenvalue weighted by Gasteiger charge is 2.16. The summed E-state index contributed by atoms with van der Waals surface area (Å²) >= 11 is 5.92. The number of aryl methyl sites for hydroxylation is 1. The van der Waals surface area contributed by atoms with Crippen molar-refractivity contribution >= 4 is 34.2 Å². The van der Waals surface area contributed by atoms with Crippen molar-refractivity contribution in [3.05, 3.63) is 80.6 Å². The van der Waals surface area contributed by atoms with Gasteiger partial charge in [0.25, 0.3) is 5.56 Å². The van der Waals surface area contributed by atoms with Crippen molar-refractivity contribution in [1.82, 2.24) is 19.1 Å². The Balaban J connectivity index is 1.67. The number of benzene rings is 2. The first-order valence-corrected chi connectivity index (χ1v) is 9.91. The molecule has 0 atom stereocenters. The number of hydrogen-bond donors (Lipinski definition) is 1. The Morgan fingerprint density at radius 2 is 1.78 bits per heavy atom. The van der Waals surface area contributed by atoms with Gasteiger partial charge in [0.2, 0.25) is 5.91 Å². The van der Waals surface area contributed by atoms with Crippen molar-refractivity contribution in [2.24, 2.45) is 7.05 Å². The van der Waals surface area contributed by atoms with Crippen molar-refractivity contribution in [3.8, 4) is 17.1 Å². The topological polar surface area (TPSA) is 108 Å². The van der Waals surface area contributed by atoms with Crippen LogP contribution in [0, 0.1) is 0 Å². The average Bonchev–Trinajstić information content (AvgIpc) is 2.81. The van der Waals surface area contributed by atoms with E-state index in [1.54, 1.807) is 48.5 Å². The zero-order valence-electron chi connectivity index (χ0n) is 17.2. The number of nitrogens with zero attached hydrogens (tertiary/aromatic N) is 4. The molecule has 0 saturated heterocycles. The summed E-state index contributed by atoms with van der Waals surface area (Å²) in [5.41, 5.74) is 0.0692. The summed E-state index contributed by atoms with van der Waals surface area (Å²) < 4.78 is 7.15. The van der Waals surface area contributed by atoms with Crippen LogP contribution >= 0.6 is 11.6 Å². The summed E-state index contributed by atoms with van der Waals surface area (Å²) in [6, 6.07) is 13.6. The zero-order chi connectivity index (χ0) is 22.8. The minimum Gasteiger partial charge on any atom is -0.497 e. The largest absolute Gasteiger partial charge is 0.497 e. The third kappa shape index (κ3) is 4.10. The van der Waals surface area contributed by atoms with Gasteiger partial charge in [0.1, 0.15) is 17.7 Å². The van der Waals surface area contributed by atoms with Gasteiger partial charge in [-0.3, -0.25) is 18.7 Å². The number of hydrogen-bond acceptors (Lipinski definition) is 6. The minimum absolute atomic E-state index is 0.127. The SMILES string of the molecule is COc1ccc(NC(=O)Cn2c(=O)c3cnc(-c4ccc(Cl)cc4)nc3n(C)c2=O)cc1. The van der Waals surface area contributed by atoms with Gasteiger partial charge in [-0.15, -0.1) is 0 Å². The third-order valence-corrected chi connectivity index (χ3v) is 5.11. The third-order valence-electron chi connectivity index (χ3n) is 4.86. The molecule has 0 fully saturated rings. The Hall–Kier alpha value is -3.98. The number of methoxy groups -OCH3 is 1. The van der Waals surface area contributed by atoms with E-state index in [-0.39, 0.29) is 11.0 Å². The molecule has 9 nitrogen and oxygen atoms in total. The van der Waals surface area contributed by atoms with Gasteiger partial charge in [0.05, 0.1) is 7.11 Å². The fourth-order valence-electron chi connectivity index (χ4n) is 3.18. The number of anilines is 1. The van der Waals surface area contributed by atoms with Gasteiger partial charge in [0.15, 0.2) is 11.5 Å². The quantitative estimate of drug-likeness (QED) is 0.499. The lowest BCUT2D eigenvalue weighted by Gasteiger charge is -2.11. The van der Waals surface area contributed by atoms with Crippen molar-refractivity contribution in [3.63, 3.8) is 0 Å². The van der Waals surface area contributed by atoms with Crippen molar-refractivity contribution in [2.45, 2.75) is 6.54 Å². The van der Waals surface area contributed by atoms with Gasteiger partial charge >= 0.3 is 5.69 Å². The van der Waals surface area contributed by atoms with Crippen LogP contribution in [-0.4, -0.2) is 32.1 Å². The lowest BCUT2D eigenvalue weighted by Crippen LogP contribution is -2.42. The normalized spacial score (nSPS) is 10.8. The molecule has 32 heavy (non-hydrogen) atoms. The fraction of sp³-hybridized carbons (Fsp3) is 0.136. The summed E-state index contributed by atoms with van der Waals surface area (Å²) in [4.78, 5) is 46.8. The number of aromatic nitrogens is 4. The summed E-state index contributed by atoms with van der Waals surface area (Å²) in [5.74, 6) is 0.464. The standard InChI is InChI=1S/C22H18ClN5O4/c1-27-20-17(11-24-19(26-20)13-3-5-14(23)6-4-13)21(30)28(22(27)31)12-18(29)25-15-7-9-16(32-2)10-8-15/h3-11H,12H2,1-2H3,(H,25,29). The van der Waals surface area contributed by atoms with Crippen molar-refractivity contribution < 1.29 is 9.53 Å². The number of carbonyl (C=O) groups excluding carboxylic acids is 1. The van der Waals surface area contributed by atoms with Crippen LogP contribution in [0.25, 0.3) is 22.4 Å². The number of carbonyl (C=O) groups is 1. The lowest BCUT2D eigenvalue weighted by atomic mass is 10.2. The molecule has 0 radical (unpaired) electrons. The van der Waals surface area contributed by atoms with Crippen molar-refractivity contribution in [2.75, 3.05) is 12.4 Å². The summed E-state index contributed by atoms with van der Waals surface area (Å²) in [6.07, 6.45) is 1.35. The molecule has 0 aliphatic rings. The maximum Gasteiger partial charge on any atom is 0.332 e. The molecule has 0 bridgehead atoms. The molecule has 0 saturated carbocycles. The van der Waals surface area contributed by atoms with Gasteiger partial charge in [-0.25, -0.2) is 14.8 Å². The predicted molar refractivity (Wildman–Crippen MR) is 121 cm³/mol. The number of rotatable bonds is 5. The molecule has 4 aromatic rings. The van der Waals surface area contributed by atoms with E-state index in [1.807, 2.05) is 0 Å². The molecule has 2 heterocycles. The lowest BCUT2D eigenvalue weighted by molar-refractivity contribution is -0.116. The van der Waals surface area contributed by atoms with E-state index in [0.29, 0.717) is 27.8 Å². The molecule has 0 spiro atoms. The molecule has 4 rings (SSSR count). The van der Waals surface area contributed by atoms with Gasteiger partial charge in [-0.05, 0) is 48.5 Å². The molecule has 2 aromatic carbocycles. The van der Waals surface area contributed by atoms with Crippen LogP contribution in [0.15, 0.2) is 64.3 Å². The Labute approximate surface area is 186 Å². The average molecular weight is 452 g/mol. The second-order valence-corrected chi connectivity index (χ2v) is 7.38. The number of fused-ring (bicyclic) bond motifs is 1. The fourth-order valence-corrected chi connectivity index (χ4v) is 3.31. The Morgan fingerprint density at radius 3 is 2.44 bits per heavy atom. The van der Waals surface area contributed by atoms with E-state index in [9.17, 15) is 14.4 Å². The Morgan fingerprint density at radius 1 is 1.09 bits per heavy atom. The maximum atomic E-state index is 12.9. The number of nitrogens with one attached hydrogen (secondary N) is 1. The first-order valence-electron chi connectivity index (χ1n) is 9.54.